The molecule has 1 aromatic rings. The van der Waals surface area contributed by atoms with Crippen LogP contribution >= 0.6 is 0 Å². The molecule has 0 aliphatic heterocycles. The minimum atomic E-state index is -1.27. The molecule has 4 heteroatoms. The molecule has 16 heavy (non-hydrogen) atoms. The number of aromatic carboxylic acids is 1. The molecule has 0 saturated carbocycles. The van der Waals surface area contributed by atoms with E-state index in [0.717, 1.165) is 18.9 Å². The standard InChI is InChI=1S/C12H15FO3/c1-3-4-8(2)16-9-5-6-10(12(14)15)11(13)7-9/h5-8H,3-4H2,1-2H3,(H,14,15). The summed E-state index contributed by atoms with van der Waals surface area (Å²) in [6.45, 7) is 3.93. The molecule has 0 bridgehead atoms. The van der Waals surface area contributed by atoms with Gasteiger partial charge in [-0.1, -0.05) is 13.3 Å². The summed E-state index contributed by atoms with van der Waals surface area (Å²) in [6, 6.07) is 3.79. The van der Waals surface area contributed by atoms with E-state index >= 15 is 0 Å². The van der Waals surface area contributed by atoms with Crippen LogP contribution < -0.4 is 4.74 Å². The minimum absolute atomic E-state index is 0.0000723. The largest absolute Gasteiger partial charge is 0.491 e. The summed E-state index contributed by atoms with van der Waals surface area (Å²) in [5, 5.41) is 8.64. The second-order valence-electron chi connectivity index (χ2n) is 3.66. The number of carboxylic acid groups (broad SMARTS) is 1. The van der Waals surface area contributed by atoms with Gasteiger partial charge < -0.3 is 9.84 Å². The van der Waals surface area contributed by atoms with E-state index in [0.29, 0.717) is 5.75 Å². The van der Waals surface area contributed by atoms with E-state index in [-0.39, 0.29) is 11.7 Å². The van der Waals surface area contributed by atoms with Crippen LogP contribution in [0.2, 0.25) is 0 Å². The average Bonchev–Trinajstić information content (AvgIpc) is 2.17. The number of hydrogen-bond donors (Lipinski definition) is 1. The minimum Gasteiger partial charge on any atom is -0.491 e. The van der Waals surface area contributed by atoms with Crippen LogP contribution in [0.4, 0.5) is 4.39 Å². The van der Waals surface area contributed by atoms with Gasteiger partial charge in [-0.15, -0.1) is 0 Å². The highest BCUT2D eigenvalue weighted by Crippen LogP contribution is 2.18. The Morgan fingerprint density at radius 2 is 2.25 bits per heavy atom. The second-order valence-corrected chi connectivity index (χ2v) is 3.66. The van der Waals surface area contributed by atoms with Gasteiger partial charge in [0.2, 0.25) is 0 Å². The van der Waals surface area contributed by atoms with Crippen LogP contribution in [0.15, 0.2) is 18.2 Å². The van der Waals surface area contributed by atoms with Crippen molar-refractivity contribution in [2.45, 2.75) is 32.8 Å². The smallest absolute Gasteiger partial charge is 0.338 e. The van der Waals surface area contributed by atoms with E-state index in [1.807, 2.05) is 13.8 Å². The van der Waals surface area contributed by atoms with Crippen molar-refractivity contribution in [1.82, 2.24) is 0 Å². The highest BCUT2D eigenvalue weighted by molar-refractivity contribution is 5.88. The first-order valence-corrected chi connectivity index (χ1v) is 5.24. The summed E-state index contributed by atoms with van der Waals surface area (Å²) in [7, 11) is 0. The quantitative estimate of drug-likeness (QED) is 0.839. The Morgan fingerprint density at radius 1 is 1.56 bits per heavy atom. The number of hydrogen-bond acceptors (Lipinski definition) is 2. The van der Waals surface area contributed by atoms with E-state index < -0.39 is 11.8 Å². The third-order valence-corrected chi connectivity index (χ3v) is 2.20. The fourth-order valence-electron chi connectivity index (χ4n) is 1.44. The SMILES string of the molecule is CCCC(C)Oc1ccc(C(=O)O)c(F)c1. The zero-order chi connectivity index (χ0) is 12.1. The molecule has 0 aromatic heterocycles. The maximum absolute atomic E-state index is 13.3. The van der Waals surface area contributed by atoms with E-state index in [1.54, 1.807) is 0 Å². The van der Waals surface area contributed by atoms with Crippen molar-refractivity contribution in [3.8, 4) is 5.75 Å². The van der Waals surface area contributed by atoms with Gasteiger partial charge in [0, 0.05) is 6.07 Å². The Morgan fingerprint density at radius 3 is 2.75 bits per heavy atom. The van der Waals surface area contributed by atoms with Gasteiger partial charge in [-0.05, 0) is 25.5 Å². The molecule has 0 heterocycles. The first-order valence-electron chi connectivity index (χ1n) is 5.24. The number of carbonyl (C=O) groups is 1. The Balaban J connectivity index is 2.77. The Hall–Kier alpha value is -1.58. The van der Waals surface area contributed by atoms with Crippen molar-refractivity contribution in [1.29, 1.82) is 0 Å². The van der Waals surface area contributed by atoms with Crippen LogP contribution in [0, 0.1) is 5.82 Å². The molecule has 1 atom stereocenters. The van der Waals surface area contributed by atoms with Gasteiger partial charge in [0.1, 0.15) is 11.6 Å². The second kappa shape index (κ2) is 5.49. The van der Waals surface area contributed by atoms with Crippen molar-refractivity contribution >= 4 is 5.97 Å². The lowest BCUT2D eigenvalue weighted by molar-refractivity contribution is 0.0692. The zero-order valence-electron chi connectivity index (χ0n) is 9.37. The molecule has 1 rings (SSSR count). The van der Waals surface area contributed by atoms with Crippen molar-refractivity contribution in [2.24, 2.45) is 0 Å². The molecule has 1 unspecified atom stereocenters. The van der Waals surface area contributed by atoms with E-state index in [1.165, 1.54) is 12.1 Å². The Kier molecular flexibility index (Phi) is 4.28. The predicted molar refractivity (Wildman–Crippen MR) is 58.4 cm³/mol. The van der Waals surface area contributed by atoms with Crippen molar-refractivity contribution in [3.63, 3.8) is 0 Å². The molecule has 0 aliphatic carbocycles. The van der Waals surface area contributed by atoms with E-state index in [2.05, 4.69) is 0 Å². The maximum atomic E-state index is 13.3. The molecule has 0 radical (unpaired) electrons. The Labute approximate surface area is 93.9 Å². The third kappa shape index (κ3) is 3.22. The molecular weight excluding hydrogens is 211 g/mol. The lowest BCUT2D eigenvalue weighted by Gasteiger charge is -2.13. The van der Waals surface area contributed by atoms with E-state index in [9.17, 15) is 9.18 Å². The molecular formula is C12H15FO3. The van der Waals surface area contributed by atoms with Crippen molar-refractivity contribution in [3.05, 3.63) is 29.6 Å². The molecule has 0 saturated heterocycles. The highest BCUT2D eigenvalue weighted by Gasteiger charge is 2.11. The summed E-state index contributed by atoms with van der Waals surface area (Å²) >= 11 is 0. The van der Waals surface area contributed by atoms with Gasteiger partial charge in [-0.3, -0.25) is 0 Å². The van der Waals surface area contributed by atoms with Gasteiger partial charge in [0.05, 0.1) is 11.7 Å². The third-order valence-electron chi connectivity index (χ3n) is 2.20. The van der Waals surface area contributed by atoms with Gasteiger partial charge in [-0.25, -0.2) is 9.18 Å². The molecule has 88 valence electrons. The summed E-state index contributed by atoms with van der Waals surface area (Å²) in [4.78, 5) is 10.6. The predicted octanol–water partition coefficient (Wildman–Crippen LogP) is 3.09. The Bertz CT molecular complexity index is 377. The zero-order valence-corrected chi connectivity index (χ0v) is 9.37. The molecule has 1 aromatic carbocycles. The van der Waals surface area contributed by atoms with Crippen molar-refractivity contribution < 1.29 is 19.0 Å². The summed E-state index contributed by atoms with van der Waals surface area (Å²) < 4.78 is 18.7. The van der Waals surface area contributed by atoms with Crippen LogP contribution in [0.3, 0.4) is 0 Å². The molecule has 0 aliphatic rings. The van der Waals surface area contributed by atoms with Crippen LogP contribution in [0.25, 0.3) is 0 Å². The monoisotopic (exact) mass is 226 g/mol. The fourth-order valence-corrected chi connectivity index (χ4v) is 1.44. The van der Waals surface area contributed by atoms with E-state index in [4.69, 9.17) is 9.84 Å². The van der Waals surface area contributed by atoms with Crippen LogP contribution in [0.5, 0.6) is 5.75 Å². The van der Waals surface area contributed by atoms with Crippen molar-refractivity contribution in [2.75, 3.05) is 0 Å². The first kappa shape index (κ1) is 12.5. The van der Waals surface area contributed by atoms with Gasteiger partial charge in [-0.2, -0.15) is 0 Å². The first-order chi connectivity index (χ1) is 7.54. The van der Waals surface area contributed by atoms with Gasteiger partial charge >= 0.3 is 5.97 Å². The molecule has 0 spiro atoms. The number of carboxylic acids is 1. The number of benzene rings is 1. The molecule has 0 amide bonds. The average molecular weight is 226 g/mol. The number of rotatable bonds is 5. The highest BCUT2D eigenvalue weighted by atomic mass is 19.1. The summed E-state index contributed by atoms with van der Waals surface area (Å²) in [5.74, 6) is -1.68. The normalized spacial score (nSPS) is 12.2. The fraction of sp³-hybridized carbons (Fsp3) is 0.417. The summed E-state index contributed by atoms with van der Waals surface area (Å²) in [5.41, 5.74) is -0.338. The maximum Gasteiger partial charge on any atom is 0.338 e. The molecule has 1 N–H and O–H groups in total. The summed E-state index contributed by atoms with van der Waals surface area (Å²) in [6.07, 6.45) is 1.86. The van der Waals surface area contributed by atoms with Gasteiger partial charge in [0.15, 0.2) is 0 Å². The van der Waals surface area contributed by atoms with Gasteiger partial charge in [0.25, 0.3) is 0 Å². The topological polar surface area (TPSA) is 46.5 Å². The van der Waals surface area contributed by atoms with Crippen LogP contribution in [-0.2, 0) is 0 Å². The number of ether oxygens (including phenoxy) is 1. The molecule has 0 fully saturated rings. The number of halogens is 1. The lowest BCUT2D eigenvalue weighted by Crippen LogP contribution is -2.11. The van der Waals surface area contributed by atoms with Crippen LogP contribution in [-0.4, -0.2) is 17.2 Å². The molecule has 3 nitrogen and oxygen atoms in total. The van der Waals surface area contributed by atoms with Crippen LogP contribution in [0.1, 0.15) is 37.0 Å². The lowest BCUT2D eigenvalue weighted by atomic mass is 10.2.